The minimum absolute atomic E-state index is 0.204. The molecule has 28 heavy (non-hydrogen) atoms. The highest BCUT2D eigenvalue weighted by Crippen LogP contribution is 2.14. The fourth-order valence-corrected chi connectivity index (χ4v) is 2.48. The van der Waals surface area contributed by atoms with Gasteiger partial charge in [-0.2, -0.15) is 0 Å². The van der Waals surface area contributed by atoms with E-state index in [-0.39, 0.29) is 12.1 Å². The topological polar surface area (TPSA) is 48.8 Å². The van der Waals surface area contributed by atoms with E-state index in [4.69, 9.17) is 9.98 Å². The van der Waals surface area contributed by atoms with Gasteiger partial charge in [-0.25, -0.2) is 0 Å². The van der Waals surface area contributed by atoms with Gasteiger partial charge in [0.2, 0.25) is 0 Å². The molecule has 0 saturated carbocycles. The van der Waals surface area contributed by atoms with E-state index in [1.807, 2.05) is 0 Å². The molecule has 2 aromatic rings. The van der Waals surface area contributed by atoms with Crippen LogP contribution in [0, 0.1) is 13.8 Å². The molecule has 2 aromatic carbocycles. The maximum atomic E-state index is 4.93. The van der Waals surface area contributed by atoms with Crippen molar-refractivity contribution in [2.75, 3.05) is 10.6 Å². The summed E-state index contributed by atoms with van der Waals surface area (Å²) in [5.74, 6) is 1.55. The summed E-state index contributed by atoms with van der Waals surface area (Å²) >= 11 is 0. The monoisotopic (exact) mass is 378 g/mol. The molecular weight excluding hydrogens is 344 g/mol. The van der Waals surface area contributed by atoms with E-state index >= 15 is 0 Å². The van der Waals surface area contributed by atoms with Crippen LogP contribution in [0.5, 0.6) is 0 Å². The first-order valence-corrected chi connectivity index (χ1v) is 10.2. The molecule has 0 unspecified atom stereocenters. The zero-order valence-corrected chi connectivity index (χ0v) is 18.1. The average Bonchev–Trinajstić information content (AvgIpc) is 2.70. The van der Waals surface area contributed by atoms with Gasteiger partial charge in [-0.15, -0.1) is 0 Å². The fraction of sp³-hybridized carbons (Fsp3) is 0.417. The molecule has 0 amide bonds. The molecule has 0 aliphatic heterocycles. The summed E-state index contributed by atoms with van der Waals surface area (Å²) in [7, 11) is 0. The first-order chi connectivity index (χ1) is 13.4. The molecule has 0 bridgehead atoms. The lowest BCUT2D eigenvalue weighted by Crippen LogP contribution is -2.32. The minimum atomic E-state index is 0.204. The van der Waals surface area contributed by atoms with E-state index in [0.29, 0.717) is 0 Å². The Labute approximate surface area is 170 Å². The maximum absolute atomic E-state index is 4.93. The van der Waals surface area contributed by atoms with Crippen molar-refractivity contribution >= 4 is 23.0 Å². The number of nitrogens with one attached hydrogen (secondary N) is 2. The summed E-state index contributed by atoms with van der Waals surface area (Å²) in [5.41, 5.74) is 4.49. The van der Waals surface area contributed by atoms with Crippen molar-refractivity contribution in [3.8, 4) is 0 Å². The lowest BCUT2D eigenvalue weighted by Gasteiger charge is -2.18. The summed E-state index contributed by atoms with van der Waals surface area (Å²) in [5, 5.41) is 6.98. The van der Waals surface area contributed by atoms with Crippen LogP contribution in [0.3, 0.4) is 0 Å². The standard InChI is InChI=1S/C24H34N4/c1-7-19(5)25-23(27-21-13-9-17(3)10-14-21)24(26-20(6)8-2)28-22-15-11-18(4)12-16-22/h9-16,19-20H,7-8H2,1-6H3,(H,25,27)(H,26,28)/t19-,20-/m1/s1. The van der Waals surface area contributed by atoms with Crippen molar-refractivity contribution < 1.29 is 0 Å². The highest BCUT2D eigenvalue weighted by Gasteiger charge is 2.14. The predicted octanol–water partition coefficient (Wildman–Crippen LogP) is 6.22. The smallest absolute Gasteiger partial charge is 0.169 e. The van der Waals surface area contributed by atoms with E-state index in [9.17, 15) is 0 Å². The number of rotatable bonds is 6. The Hall–Kier alpha value is -2.62. The molecule has 0 aliphatic rings. The van der Waals surface area contributed by atoms with Gasteiger partial charge in [-0.1, -0.05) is 49.2 Å². The highest BCUT2D eigenvalue weighted by atomic mass is 15.1. The number of aryl methyl sites for hydroxylation is 2. The quantitative estimate of drug-likeness (QED) is 0.463. The molecule has 0 fully saturated rings. The van der Waals surface area contributed by atoms with Crippen LogP contribution in [0.1, 0.15) is 51.7 Å². The molecule has 4 nitrogen and oxygen atoms in total. The zero-order chi connectivity index (χ0) is 20.5. The Morgan fingerprint density at radius 2 is 1.00 bits per heavy atom. The Balaban J connectivity index is 2.40. The summed E-state index contributed by atoms with van der Waals surface area (Å²) in [6.07, 6.45) is 1.94. The Morgan fingerprint density at radius 3 is 1.29 bits per heavy atom. The molecular formula is C24H34N4. The third-order valence-corrected chi connectivity index (χ3v) is 4.73. The van der Waals surface area contributed by atoms with Crippen LogP contribution >= 0.6 is 0 Å². The Bertz CT molecular complexity index is 719. The minimum Gasteiger partial charge on any atom is -0.337 e. The zero-order valence-electron chi connectivity index (χ0n) is 18.1. The number of hydrogen-bond acceptors (Lipinski definition) is 2. The lowest BCUT2D eigenvalue weighted by atomic mass is 10.2. The predicted molar refractivity (Wildman–Crippen MR) is 124 cm³/mol. The molecule has 2 atom stereocenters. The van der Waals surface area contributed by atoms with E-state index in [0.717, 1.165) is 35.9 Å². The molecule has 4 heteroatoms. The largest absolute Gasteiger partial charge is 0.337 e. The number of hydrogen-bond donors (Lipinski definition) is 2. The second kappa shape index (κ2) is 10.6. The number of amidine groups is 2. The number of anilines is 2. The van der Waals surface area contributed by atoms with Gasteiger partial charge in [-0.3, -0.25) is 9.98 Å². The third-order valence-electron chi connectivity index (χ3n) is 4.73. The SMILES string of the molecule is CC[C@@H](C)N=C(Nc1ccc(C)cc1)C(=N[C@H](C)CC)Nc1ccc(C)cc1. The molecule has 150 valence electrons. The van der Waals surface area contributed by atoms with Gasteiger partial charge in [0.05, 0.1) is 0 Å². The second-order valence-electron chi connectivity index (χ2n) is 7.45. The van der Waals surface area contributed by atoms with Crippen molar-refractivity contribution in [3.05, 3.63) is 59.7 Å². The number of nitrogens with zero attached hydrogens (tertiary/aromatic N) is 2. The summed E-state index contributed by atoms with van der Waals surface area (Å²) < 4.78 is 0. The van der Waals surface area contributed by atoms with Gasteiger partial charge in [0.25, 0.3) is 0 Å². The Morgan fingerprint density at radius 1 is 0.679 bits per heavy atom. The number of aliphatic imine (C=N–C) groups is 2. The highest BCUT2D eigenvalue weighted by molar-refractivity contribution is 6.48. The molecule has 0 heterocycles. The van der Waals surface area contributed by atoms with Crippen LogP contribution in [0.4, 0.5) is 11.4 Å². The average molecular weight is 379 g/mol. The normalized spacial score (nSPS) is 14.5. The van der Waals surface area contributed by atoms with Crippen LogP contribution in [-0.2, 0) is 0 Å². The first kappa shape index (κ1) is 21.7. The van der Waals surface area contributed by atoms with Gasteiger partial charge < -0.3 is 10.6 Å². The van der Waals surface area contributed by atoms with Crippen molar-refractivity contribution in [2.24, 2.45) is 9.98 Å². The summed E-state index contributed by atoms with van der Waals surface area (Å²) in [6.45, 7) is 12.7. The summed E-state index contributed by atoms with van der Waals surface area (Å²) in [6, 6.07) is 17.1. The van der Waals surface area contributed by atoms with Gasteiger partial charge >= 0.3 is 0 Å². The van der Waals surface area contributed by atoms with Gasteiger partial charge in [-0.05, 0) is 64.8 Å². The van der Waals surface area contributed by atoms with Crippen LogP contribution in [-0.4, -0.2) is 23.8 Å². The van der Waals surface area contributed by atoms with Gasteiger partial charge in [0.1, 0.15) is 0 Å². The number of benzene rings is 2. The third kappa shape index (κ3) is 6.84. The Kier molecular flexibility index (Phi) is 8.24. The molecule has 2 N–H and O–H groups in total. The molecule has 0 aliphatic carbocycles. The second-order valence-corrected chi connectivity index (χ2v) is 7.45. The van der Waals surface area contributed by atoms with Crippen molar-refractivity contribution in [1.29, 1.82) is 0 Å². The van der Waals surface area contributed by atoms with Crippen molar-refractivity contribution in [2.45, 2.75) is 66.5 Å². The van der Waals surface area contributed by atoms with Crippen LogP contribution in [0.2, 0.25) is 0 Å². The molecule has 0 saturated heterocycles. The molecule has 0 spiro atoms. The van der Waals surface area contributed by atoms with E-state index in [2.05, 4.69) is 101 Å². The van der Waals surface area contributed by atoms with Crippen molar-refractivity contribution in [3.63, 3.8) is 0 Å². The lowest BCUT2D eigenvalue weighted by molar-refractivity contribution is 0.712. The van der Waals surface area contributed by atoms with E-state index in [1.54, 1.807) is 0 Å². The van der Waals surface area contributed by atoms with Gasteiger partial charge in [0, 0.05) is 23.5 Å². The molecule has 0 radical (unpaired) electrons. The fourth-order valence-electron chi connectivity index (χ4n) is 2.48. The van der Waals surface area contributed by atoms with Gasteiger partial charge in [0.15, 0.2) is 11.7 Å². The maximum Gasteiger partial charge on any atom is 0.169 e. The summed E-state index contributed by atoms with van der Waals surface area (Å²) in [4.78, 5) is 9.85. The van der Waals surface area contributed by atoms with Crippen molar-refractivity contribution in [1.82, 2.24) is 0 Å². The van der Waals surface area contributed by atoms with E-state index < -0.39 is 0 Å². The molecule has 2 rings (SSSR count). The van der Waals surface area contributed by atoms with Crippen LogP contribution in [0.15, 0.2) is 58.5 Å². The first-order valence-electron chi connectivity index (χ1n) is 10.2. The van der Waals surface area contributed by atoms with E-state index in [1.165, 1.54) is 11.1 Å². The van der Waals surface area contributed by atoms with Crippen LogP contribution < -0.4 is 10.6 Å². The van der Waals surface area contributed by atoms with Crippen LogP contribution in [0.25, 0.3) is 0 Å². The molecule has 0 aromatic heterocycles.